The van der Waals surface area contributed by atoms with E-state index < -0.39 is 35.2 Å². The molecule has 0 aliphatic rings. The Morgan fingerprint density at radius 3 is 2.43 bits per heavy atom. The molecule has 1 heterocycles. The summed E-state index contributed by atoms with van der Waals surface area (Å²) < 4.78 is 48.6. The zero-order valence-corrected chi connectivity index (χ0v) is 21.1. The van der Waals surface area contributed by atoms with Crippen LogP contribution in [0.3, 0.4) is 0 Å². The Bertz CT molecular complexity index is 1180. The Morgan fingerprint density at radius 2 is 1.74 bits per heavy atom. The van der Waals surface area contributed by atoms with Crippen LogP contribution in [-0.4, -0.2) is 26.4 Å². The number of carbonyl (C=O) groups excluding carboxylic acids is 1. The first kappa shape index (κ1) is 26.6. The first-order valence-electron chi connectivity index (χ1n) is 11.3. The van der Waals surface area contributed by atoms with Crippen LogP contribution >= 0.6 is 11.8 Å². The third kappa shape index (κ3) is 6.56. The van der Waals surface area contributed by atoms with Crippen molar-refractivity contribution in [2.45, 2.75) is 58.3 Å². The van der Waals surface area contributed by atoms with Gasteiger partial charge in [0.25, 0.3) is 0 Å². The summed E-state index contributed by atoms with van der Waals surface area (Å²) in [6.07, 6.45) is -0.402. The second kappa shape index (κ2) is 11.6. The second-order valence-corrected chi connectivity index (χ2v) is 9.80. The zero-order chi connectivity index (χ0) is 25.7. The number of amides is 1. The molecule has 3 rings (SSSR count). The quantitative estimate of drug-likeness (QED) is 0.257. The van der Waals surface area contributed by atoms with E-state index in [1.165, 1.54) is 0 Å². The van der Waals surface area contributed by atoms with Crippen molar-refractivity contribution in [1.82, 2.24) is 14.8 Å². The number of halogens is 3. The summed E-state index contributed by atoms with van der Waals surface area (Å²) in [5.74, 6) is -3.16. The largest absolute Gasteiger partial charge is 0.482 e. The van der Waals surface area contributed by atoms with Crippen molar-refractivity contribution in [1.29, 1.82) is 0 Å². The monoisotopic (exact) mass is 506 g/mol. The van der Waals surface area contributed by atoms with Gasteiger partial charge in [-0.2, -0.15) is 0 Å². The number of ether oxygens (including phenoxy) is 1. The van der Waals surface area contributed by atoms with Crippen LogP contribution in [0.5, 0.6) is 5.75 Å². The number of benzene rings is 2. The lowest BCUT2D eigenvalue weighted by molar-refractivity contribution is -0.113. The van der Waals surface area contributed by atoms with Crippen LogP contribution < -0.4 is 10.1 Å². The zero-order valence-electron chi connectivity index (χ0n) is 20.3. The molecule has 3 aromatic rings. The van der Waals surface area contributed by atoms with Gasteiger partial charge in [-0.1, -0.05) is 57.7 Å². The molecule has 0 fully saturated rings. The van der Waals surface area contributed by atoms with Crippen molar-refractivity contribution in [2.75, 3.05) is 11.1 Å². The van der Waals surface area contributed by atoms with E-state index in [-0.39, 0.29) is 17.6 Å². The summed E-state index contributed by atoms with van der Waals surface area (Å²) in [4.78, 5) is 12.4. The van der Waals surface area contributed by atoms with Gasteiger partial charge in [-0.15, -0.1) is 10.2 Å². The molecule has 0 radical (unpaired) electrons. The van der Waals surface area contributed by atoms with E-state index in [0.717, 1.165) is 35.2 Å². The van der Waals surface area contributed by atoms with Gasteiger partial charge in [-0.3, -0.25) is 4.79 Å². The number of aromatic nitrogens is 3. The van der Waals surface area contributed by atoms with Crippen LogP contribution in [0.25, 0.3) is 0 Å². The summed E-state index contributed by atoms with van der Waals surface area (Å²) in [6, 6.07) is 9.57. The van der Waals surface area contributed by atoms with Crippen LogP contribution in [-0.2, 0) is 11.3 Å². The summed E-state index contributed by atoms with van der Waals surface area (Å²) in [6.45, 7) is 10.8. The van der Waals surface area contributed by atoms with Crippen molar-refractivity contribution in [3.63, 3.8) is 0 Å². The predicted molar refractivity (Wildman–Crippen MR) is 130 cm³/mol. The standard InChI is InChI=1S/C25H29F3N4O2S/c1-14(2)12-32-24(16(5)34-20-9-7-6-8-17(20)15(3)4)30-31-25(32)35-13-21(33)29-19-11-10-18(26)22(27)23(19)28/h6-11,14-16H,12-13H2,1-5H3,(H,29,33). The third-order valence-electron chi connectivity index (χ3n) is 5.14. The van der Waals surface area contributed by atoms with Gasteiger partial charge in [0, 0.05) is 6.54 Å². The Balaban J connectivity index is 1.75. The third-order valence-corrected chi connectivity index (χ3v) is 6.11. The molecule has 6 nitrogen and oxygen atoms in total. The molecule has 1 amide bonds. The molecular weight excluding hydrogens is 477 g/mol. The van der Waals surface area contributed by atoms with E-state index in [2.05, 4.69) is 43.2 Å². The van der Waals surface area contributed by atoms with Crippen molar-refractivity contribution < 1.29 is 22.7 Å². The van der Waals surface area contributed by atoms with E-state index in [0.29, 0.717) is 17.5 Å². The molecule has 2 aromatic carbocycles. The van der Waals surface area contributed by atoms with Crippen molar-refractivity contribution in [3.05, 3.63) is 65.2 Å². The number of nitrogens with zero attached hydrogens (tertiary/aromatic N) is 3. The average Bonchev–Trinajstić information content (AvgIpc) is 3.20. The van der Waals surface area contributed by atoms with Crippen molar-refractivity contribution >= 4 is 23.4 Å². The number of hydrogen-bond acceptors (Lipinski definition) is 5. The highest BCUT2D eigenvalue weighted by atomic mass is 32.2. The fraction of sp³-hybridized carbons (Fsp3) is 0.400. The predicted octanol–water partition coefficient (Wildman–Crippen LogP) is 6.35. The Morgan fingerprint density at radius 1 is 1.03 bits per heavy atom. The normalized spacial score (nSPS) is 12.3. The van der Waals surface area contributed by atoms with Crippen LogP contribution in [0, 0.1) is 23.4 Å². The molecule has 1 unspecified atom stereocenters. The number of carbonyl (C=O) groups is 1. The van der Waals surface area contributed by atoms with Gasteiger partial charge in [0.2, 0.25) is 5.91 Å². The van der Waals surface area contributed by atoms with E-state index >= 15 is 0 Å². The summed E-state index contributed by atoms with van der Waals surface area (Å²) in [5, 5.41) is 11.3. The Hall–Kier alpha value is -3.01. The number of rotatable bonds is 10. The lowest BCUT2D eigenvalue weighted by atomic mass is 10.0. The van der Waals surface area contributed by atoms with Gasteiger partial charge >= 0.3 is 0 Å². The van der Waals surface area contributed by atoms with E-state index in [9.17, 15) is 18.0 Å². The van der Waals surface area contributed by atoms with Crippen molar-refractivity contribution in [3.8, 4) is 5.75 Å². The molecular formula is C25H29F3N4O2S. The molecule has 0 saturated heterocycles. The number of thioether (sulfide) groups is 1. The van der Waals surface area contributed by atoms with Gasteiger partial charge in [0.1, 0.15) is 5.75 Å². The van der Waals surface area contributed by atoms with Gasteiger partial charge in [0.05, 0.1) is 11.4 Å². The molecule has 0 bridgehead atoms. The maximum absolute atomic E-state index is 13.9. The van der Waals surface area contributed by atoms with E-state index in [1.807, 2.05) is 35.8 Å². The number of hydrogen-bond donors (Lipinski definition) is 1. The van der Waals surface area contributed by atoms with Gasteiger partial charge in [-0.05, 0) is 42.5 Å². The Labute approximate surface area is 207 Å². The molecule has 0 aliphatic carbocycles. The minimum absolute atomic E-state index is 0.125. The van der Waals surface area contributed by atoms with E-state index in [4.69, 9.17) is 4.74 Å². The molecule has 0 spiro atoms. The number of para-hydroxylation sites is 1. The van der Waals surface area contributed by atoms with Crippen LogP contribution in [0.15, 0.2) is 41.6 Å². The molecule has 1 atom stereocenters. The molecule has 188 valence electrons. The summed E-state index contributed by atoms with van der Waals surface area (Å²) in [7, 11) is 0. The molecule has 0 saturated carbocycles. The fourth-order valence-corrected chi connectivity index (χ4v) is 4.25. The maximum atomic E-state index is 13.9. The van der Waals surface area contributed by atoms with E-state index in [1.54, 1.807) is 0 Å². The van der Waals surface area contributed by atoms with Crippen LogP contribution in [0.1, 0.15) is 58.0 Å². The first-order chi connectivity index (χ1) is 16.6. The second-order valence-electron chi connectivity index (χ2n) is 8.86. The topological polar surface area (TPSA) is 69.0 Å². The highest BCUT2D eigenvalue weighted by Gasteiger charge is 2.22. The fourth-order valence-electron chi connectivity index (χ4n) is 3.49. The van der Waals surface area contributed by atoms with Crippen LogP contribution in [0.4, 0.5) is 18.9 Å². The lowest BCUT2D eigenvalue weighted by Gasteiger charge is -2.20. The molecule has 10 heteroatoms. The summed E-state index contributed by atoms with van der Waals surface area (Å²) >= 11 is 1.11. The highest BCUT2D eigenvalue weighted by Crippen LogP contribution is 2.31. The molecule has 0 aliphatic heterocycles. The highest BCUT2D eigenvalue weighted by molar-refractivity contribution is 7.99. The lowest BCUT2D eigenvalue weighted by Crippen LogP contribution is -2.18. The molecule has 1 aromatic heterocycles. The molecule has 35 heavy (non-hydrogen) atoms. The number of anilines is 1. The minimum Gasteiger partial charge on any atom is -0.482 e. The summed E-state index contributed by atoms with van der Waals surface area (Å²) in [5.41, 5.74) is 0.662. The molecule has 1 N–H and O–H groups in total. The van der Waals surface area contributed by atoms with Gasteiger partial charge in [0.15, 0.2) is 34.5 Å². The van der Waals surface area contributed by atoms with Gasteiger partial charge in [-0.25, -0.2) is 13.2 Å². The van der Waals surface area contributed by atoms with Crippen molar-refractivity contribution in [2.24, 2.45) is 5.92 Å². The maximum Gasteiger partial charge on any atom is 0.234 e. The number of nitrogens with one attached hydrogen (secondary N) is 1. The van der Waals surface area contributed by atoms with Crippen LogP contribution in [0.2, 0.25) is 0 Å². The Kier molecular flexibility index (Phi) is 8.82. The average molecular weight is 507 g/mol. The SMILES string of the molecule is CC(C)Cn1c(SCC(=O)Nc2ccc(F)c(F)c2F)nnc1C(C)Oc1ccccc1C(C)C. The first-order valence-corrected chi connectivity index (χ1v) is 12.3. The minimum atomic E-state index is -1.63. The smallest absolute Gasteiger partial charge is 0.234 e. The van der Waals surface area contributed by atoms with Gasteiger partial charge < -0.3 is 14.6 Å².